The average Bonchev–Trinajstić information content (AvgIpc) is 3.17. The van der Waals surface area contributed by atoms with Crippen molar-refractivity contribution in [1.29, 1.82) is 0 Å². The van der Waals surface area contributed by atoms with Gasteiger partial charge in [0.25, 0.3) is 0 Å². The molecular formula is C27H34FN3O3. The SMILES string of the molecule is C=CCOC[C@H](O)CN(Cc1c(CC)nn(-c2ccccc2)c1Oc1ccccc1F)C(C)C. The summed E-state index contributed by atoms with van der Waals surface area (Å²) in [6.45, 7) is 11.3. The van der Waals surface area contributed by atoms with Crippen molar-refractivity contribution in [3.63, 3.8) is 0 Å². The summed E-state index contributed by atoms with van der Waals surface area (Å²) < 4.78 is 27.8. The maximum Gasteiger partial charge on any atom is 0.227 e. The van der Waals surface area contributed by atoms with Crippen LogP contribution in [0.2, 0.25) is 0 Å². The fourth-order valence-electron chi connectivity index (χ4n) is 3.67. The molecule has 0 saturated carbocycles. The van der Waals surface area contributed by atoms with Gasteiger partial charge in [-0.25, -0.2) is 9.07 Å². The van der Waals surface area contributed by atoms with Crippen LogP contribution in [0.1, 0.15) is 32.0 Å². The van der Waals surface area contributed by atoms with Crippen LogP contribution < -0.4 is 4.74 Å². The topological polar surface area (TPSA) is 59.8 Å². The molecule has 0 spiro atoms. The van der Waals surface area contributed by atoms with E-state index in [0.717, 1.165) is 16.9 Å². The summed E-state index contributed by atoms with van der Waals surface area (Å²) in [5.41, 5.74) is 2.55. The van der Waals surface area contributed by atoms with Crippen LogP contribution in [0.4, 0.5) is 4.39 Å². The number of benzene rings is 2. The molecule has 1 heterocycles. The van der Waals surface area contributed by atoms with Crippen molar-refractivity contribution >= 4 is 0 Å². The van der Waals surface area contributed by atoms with E-state index in [1.165, 1.54) is 6.07 Å². The van der Waals surface area contributed by atoms with Gasteiger partial charge in [-0.2, -0.15) is 5.10 Å². The van der Waals surface area contributed by atoms with E-state index in [-0.39, 0.29) is 18.4 Å². The van der Waals surface area contributed by atoms with Crippen LogP contribution in [0.5, 0.6) is 11.6 Å². The third kappa shape index (κ3) is 6.53. The van der Waals surface area contributed by atoms with E-state index < -0.39 is 11.9 Å². The third-order valence-electron chi connectivity index (χ3n) is 5.48. The monoisotopic (exact) mass is 467 g/mol. The first-order valence-corrected chi connectivity index (χ1v) is 11.6. The Morgan fingerprint density at radius 1 is 1.15 bits per heavy atom. The highest BCUT2D eigenvalue weighted by Crippen LogP contribution is 2.33. The lowest BCUT2D eigenvalue weighted by molar-refractivity contribution is 0.0176. The molecule has 0 saturated heterocycles. The van der Waals surface area contributed by atoms with E-state index in [1.807, 2.05) is 37.3 Å². The van der Waals surface area contributed by atoms with Gasteiger partial charge in [-0.15, -0.1) is 6.58 Å². The lowest BCUT2D eigenvalue weighted by atomic mass is 10.1. The zero-order valence-electron chi connectivity index (χ0n) is 20.2. The van der Waals surface area contributed by atoms with Crippen molar-refractivity contribution < 1.29 is 19.0 Å². The average molecular weight is 468 g/mol. The molecule has 0 aliphatic rings. The van der Waals surface area contributed by atoms with Gasteiger partial charge in [0.15, 0.2) is 11.6 Å². The predicted molar refractivity (Wildman–Crippen MR) is 132 cm³/mol. The number of aryl methyl sites for hydroxylation is 1. The van der Waals surface area contributed by atoms with Gasteiger partial charge in [-0.1, -0.05) is 43.3 Å². The van der Waals surface area contributed by atoms with Crippen LogP contribution in [0.25, 0.3) is 5.69 Å². The molecule has 34 heavy (non-hydrogen) atoms. The molecule has 0 fully saturated rings. The second kappa shape index (κ2) is 12.5. The Morgan fingerprint density at radius 3 is 2.50 bits per heavy atom. The fourth-order valence-corrected chi connectivity index (χ4v) is 3.67. The molecule has 0 radical (unpaired) electrons. The van der Waals surface area contributed by atoms with Gasteiger partial charge < -0.3 is 14.6 Å². The second-order valence-electron chi connectivity index (χ2n) is 8.37. The van der Waals surface area contributed by atoms with Crippen molar-refractivity contribution in [1.82, 2.24) is 14.7 Å². The number of nitrogens with zero attached hydrogens (tertiary/aromatic N) is 3. The number of ether oxygens (including phenoxy) is 2. The summed E-state index contributed by atoms with van der Waals surface area (Å²) in [6, 6.07) is 16.1. The maximum absolute atomic E-state index is 14.5. The third-order valence-corrected chi connectivity index (χ3v) is 5.48. The van der Waals surface area contributed by atoms with Crippen LogP contribution >= 0.6 is 0 Å². The van der Waals surface area contributed by atoms with Gasteiger partial charge in [0.2, 0.25) is 5.88 Å². The molecule has 2 aromatic carbocycles. The Bertz CT molecular complexity index is 1050. The summed E-state index contributed by atoms with van der Waals surface area (Å²) in [5, 5.41) is 15.3. The zero-order valence-corrected chi connectivity index (χ0v) is 20.2. The van der Waals surface area contributed by atoms with Crippen LogP contribution in [0.15, 0.2) is 67.3 Å². The predicted octanol–water partition coefficient (Wildman–Crippen LogP) is 5.14. The van der Waals surface area contributed by atoms with Crippen LogP contribution in [0.3, 0.4) is 0 Å². The number of aliphatic hydroxyl groups excluding tert-OH is 1. The smallest absolute Gasteiger partial charge is 0.227 e. The highest BCUT2D eigenvalue weighted by molar-refractivity contribution is 5.44. The Morgan fingerprint density at radius 2 is 1.85 bits per heavy atom. The van der Waals surface area contributed by atoms with E-state index in [1.54, 1.807) is 29.0 Å². The standard InChI is InChI=1S/C27H34FN3O3/c1-5-16-33-19-22(32)17-30(20(3)4)18-23-25(6-2)29-31(21-12-8-7-9-13-21)27(23)34-26-15-11-10-14-24(26)28/h5,7-15,20,22,32H,1,6,16-19H2,2-4H3/t22-/m1/s1. The Balaban J connectivity index is 1.99. The highest BCUT2D eigenvalue weighted by Gasteiger charge is 2.25. The molecule has 6 nitrogen and oxygen atoms in total. The minimum atomic E-state index is -0.660. The van der Waals surface area contributed by atoms with E-state index in [9.17, 15) is 9.50 Å². The zero-order chi connectivity index (χ0) is 24.5. The largest absolute Gasteiger partial charge is 0.435 e. The van der Waals surface area contributed by atoms with Gasteiger partial charge >= 0.3 is 0 Å². The summed E-state index contributed by atoms with van der Waals surface area (Å²) >= 11 is 0. The molecule has 182 valence electrons. The quantitative estimate of drug-likeness (QED) is 0.279. The summed E-state index contributed by atoms with van der Waals surface area (Å²) in [4.78, 5) is 2.14. The molecule has 3 aromatic rings. The first kappa shape index (κ1) is 25.6. The minimum absolute atomic E-state index is 0.137. The number of rotatable bonds is 13. The molecular weight excluding hydrogens is 433 g/mol. The first-order chi connectivity index (χ1) is 16.4. The molecule has 0 aliphatic carbocycles. The van der Waals surface area contributed by atoms with E-state index >= 15 is 0 Å². The van der Waals surface area contributed by atoms with Crippen molar-refractivity contribution in [2.45, 2.75) is 45.9 Å². The van der Waals surface area contributed by atoms with Gasteiger partial charge in [0, 0.05) is 19.1 Å². The Labute approximate surface area is 201 Å². The van der Waals surface area contributed by atoms with Gasteiger partial charge in [0.1, 0.15) is 0 Å². The van der Waals surface area contributed by atoms with Crippen LogP contribution in [-0.2, 0) is 17.7 Å². The van der Waals surface area contributed by atoms with E-state index in [2.05, 4.69) is 25.3 Å². The Kier molecular flexibility index (Phi) is 9.39. The van der Waals surface area contributed by atoms with Crippen molar-refractivity contribution in [3.8, 4) is 17.3 Å². The van der Waals surface area contributed by atoms with E-state index in [4.69, 9.17) is 14.6 Å². The lowest BCUT2D eigenvalue weighted by Crippen LogP contribution is -2.39. The molecule has 3 rings (SSSR count). The molecule has 0 bridgehead atoms. The van der Waals surface area contributed by atoms with Gasteiger partial charge in [-0.05, 0) is 44.5 Å². The highest BCUT2D eigenvalue weighted by atomic mass is 19.1. The number of hydrogen-bond acceptors (Lipinski definition) is 5. The number of hydrogen-bond donors (Lipinski definition) is 1. The number of aromatic nitrogens is 2. The fraction of sp³-hybridized carbons (Fsp3) is 0.370. The summed E-state index contributed by atoms with van der Waals surface area (Å²) in [6.07, 6.45) is 1.68. The normalized spacial score (nSPS) is 12.3. The molecule has 1 N–H and O–H groups in total. The van der Waals surface area contributed by atoms with Crippen LogP contribution in [-0.4, -0.2) is 51.7 Å². The number of aliphatic hydroxyl groups is 1. The minimum Gasteiger partial charge on any atom is -0.435 e. The number of para-hydroxylation sites is 2. The lowest BCUT2D eigenvalue weighted by Gasteiger charge is -2.29. The molecule has 7 heteroatoms. The van der Waals surface area contributed by atoms with Crippen molar-refractivity contribution in [2.24, 2.45) is 0 Å². The first-order valence-electron chi connectivity index (χ1n) is 11.6. The molecule has 0 amide bonds. The Hall–Kier alpha value is -3.00. The van der Waals surface area contributed by atoms with Crippen molar-refractivity contribution in [2.75, 3.05) is 19.8 Å². The summed E-state index contributed by atoms with van der Waals surface area (Å²) in [5.74, 6) is 0.163. The molecule has 0 aliphatic heterocycles. The summed E-state index contributed by atoms with van der Waals surface area (Å²) in [7, 11) is 0. The maximum atomic E-state index is 14.5. The number of halogens is 1. The van der Waals surface area contributed by atoms with E-state index in [0.29, 0.717) is 32.0 Å². The van der Waals surface area contributed by atoms with Gasteiger partial charge in [-0.3, -0.25) is 4.90 Å². The second-order valence-corrected chi connectivity index (χ2v) is 8.37. The molecule has 1 aromatic heterocycles. The molecule has 1 atom stereocenters. The van der Waals surface area contributed by atoms with Crippen LogP contribution in [0, 0.1) is 5.82 Å². The van der Waals surface area contributed by atoms with Gasteiger partial charge in [0.05, 0.1) is 36.3 Å². The van der Waals surface area contributed by atoms with Crippen molar-refractivity contribution in [3.05, 3.63) is 84.3 Å². The molecule has 0 unspecified atom stereocenters.